The Hall–Kier alpha value is -12.9. The van der Waals surface area contributed by atoms with Crippen LogP contribution < -0.4 is 82.6 Å². The van der Waals surface area contributed by atoms with E-state index < -0.39 is 251 Å². The van der Waals surface area contributed by atoms with Gasteiger partial charge in [-0.1, -0.05) is 117 Å². The molecule has 2 saturated heterocycles. The number of aliphatic hydroxyl groups is 7. The standard InChI is InChI=1S/C95H107Cl2N11O28/c1-45(2)13-6-3-4-9-16-72(115)103-79-82(118)80(116)70(42-109)134-93(79)136-85-68-37-52-38-69(85)132-65-24-18-48(30-59(65)97)32-61-87(122)107-78(88(123)100-28-12-27-99-26-11-10-25-98)57-40-54(112)41-67(133-94-84(120)83(119)81(117)71(43-110)135-94)73(57)56-35-49(19-21-62(56)113)74(89(124)101-61)105-92(127)77(52)106-91(126)76-51-33-53(111)39-55(34-51)130-66-36-50(20-22-63(66)114)75(108-95(128)129-44-46-14-7-5-8-15-46)90(125)102-60(86(121)104-76)31-47-17-23-64(131-68)58(96)29-47/h5,7-8,14-15,17-24,29-30,33-41,45,60-61,70-71,74-84,93-94,99,109-114,116-120H,3-4,6,9-13,16,25-28,31-32,42-44,98H2,1-2H3,(H,100,123)(H,101,124)(H,102,125)(H,103,115)(H,104,121)(H,105,127)(H,106,126)(H,107,122)(H,108,128)/t60-,61+,70-,71-,74-,75-,76+,77-,78+,79-,80-,81-,82-,83+,84+,93+,94+/m1/s1. The number of phenols is 4. The molecule has 41 heteroatoms. The van der Waals surface area contributed by atoms with Crippen molar-refractivity contribution in [1.82, 2.24) is 53.2 Å². The maximum Gasteiger partial charge on any atom is 0.408 e. The molecule has 0 saturated carbocycles. The van der Waals surface area contributed by atoms with Crippen molar-refractivity contribution in [3.63, 3.8) is 0 Å². The molecule has 724 valence electrons. The van der Waals surface area contributed by atoms with Crippen LogP contribution in [0.4, 0.5) is 4.79 Å². The van der Waals surface area contributed by atoms with Crippen LogP contribution >= 0.6 is 23.2 Å². The molecule has 0 aliphatic carbocycles. The number of hydrogen-bond donors (Lipinski definition) is 22. The first-order valence-electron chi connectivity index (χ1n) is 44.5. The molecule has 8 aliphatic rings. The second-order valence-corrected chi connectivity index (χ2v) is 35.1. The van der Waals surface area contributed by atoms with Crippen LogP contribution in [0.2, 0.25) is 10.0 Å². The van der Waals surface area contributed by atoms with E-state index in [0.717, 1.165) is 98.8 Å². The van der Waals surface area contributed by atoms with E-state index in [0.29, 0.717) is 50.4 Å². The number of carbonyl (C=O) groups is 9. The van der Waals surface area contributed by atoms with Crippen molar-refractivity contribution in [3.05, 3.63) is 200 Å². The summed E-state index contributed by atoms with van der Waals surface area (Å²) in [5.41, 5.74) is 4.10. The van der Waals surface area contributed by atoms with E-state index in [1.54, 1.807) is 30.3 Å². The predicted octanol–water partition coefficient (Wildman–Crippen LogP) is 5.28. The van der Waals surface area contributed by atoms with Crippen LogP contribution in [0.15, 0.2) is 146 Å². The Morgan fingerprint density at radius 1 is 0.507 bits per heavy atom. The summed E-state index contributed by atoms with van der Waals surface area (Å²) in [5, 5.41) is 153. The van der Waals surface area contributed by atoms with E-state index in [2.05, 4.69) is 67.0 Å². The molecular formula is C95H107Cl2N11O28. The molecule has 0 aromatic heterocycles. The third-order valence-electron chi connectivity index (χ3n) is 23.8. The molecular weight excluding hydrogens is 1810 g/mol. The number of nitrogens with two attached hydrogens (primary N) is 1. The lowest BCUT2D eigenvalue weighted by Gasteiger charge is -2.42. The molecule has 8 aliphatic heterocycles. The summed E-state index contributed by atoms with van der Waals surface area (Å²) in [6.45, 7) is 3.34. The fourth-order valence-electron chi connectivity index (χ4n) is 16.6. The number of carbonyl (C=O) groups excluding carboxylic acids is 9. The molecule has 39 nitrogen and oxygen atoms in total. The average molecular weight is 1920 g/mol. The molecule has 8 heterocycles. The van der Waals surface area contributed by atoms with Crippen molar-refractivity contribution in [3.8, 4) is 80.1 Å². The summed E-state index contributed by atoms with van der Waals surface area (Å²) in [6.07, 6.45) is -14.3. The van der Waals surface area contributed by atoms with E-state index in [9.17, 15) is 65.8 Å². The number of rotatable bonds is 26. The van der Waals surface area contributed by atoms with Gasteiger partial charge >= 0.3 is 6.09 Å². The fraction of sp³-hybridized carbons (Fsp3) is 0.400. The lowest BCUT2D eigenvalue weighted by molar-refractivity contribution is -0.277. The monoisotopic (exact) mass is 1920 g/mol. The molecule has 17 bridgehead atoms. The number of unbranched alkanes of at least 4 members (excludes halogenated alkanes) is 4. The zero-order chi connectivity index (χ0) is 96.9. The summed E-state index contributed by atoms with van der Waals surface area (Å²) in [7, 11) is 0. The molecule has 9 amide bonds. The van der Waals surface area contributed by atoms with Gasteiger partial charge in [0.15, 0.2) is 23.0 Å². The minimum Gasteiger partial charge on any atom is -0.508 e. The van der Waals surface area contributed by atoms with E-state index in [4.69, 9.17) is 66.8 Å². The van der Waals surface area contributed by atoms with Crippen LogP contribution in [-0.4, -0.2) is 222 Å². The first-order chi connectivity index (χ1) is 65.3. The van der Waals surface area contributed by atoms with Crippen molar-refractivity contribution in [1.29, 1.82) is 0 Å². The fourth-order valence-corrected chi connectivity index (χ4v) is 17.1. The summed E-state index contributed by atoms with van der Waals surface area (Å²) in [5.74, 6) is -15.1. The van der Waals surface area contributed by atoms with Gasteiger partial charge in [0.25, 0.3) is 0 Å². The largest absolute Gasteiger partial charge is 0.508 e. The zero-order valence-corrected chi connectivity index (χ0v) is 75.2. The van der Waals surface area contributed by atoms with E-state index in [-0.39, 0.29) is 80.2 Å². The Labute approximate surface area is 788 Å². The highest BCUT2D eigenvalue weighted by Crippen LogP contribution is 2.51. The minimum atomic E-state index is -2.40. The maximum atomic E-state index is 17.0. The van der Waals surface area contributed by atoms with E-state index >= 15 is 33.6 Å². The number of aromatic hydroxyl groups is 4. The number of ether oxygens (including phenoxy) is 8. The summed E-state index contributed by atoms with van der Waals surface area (Å²) in [4.78, 5) is 141. The number of hydrogen-bond acceptors (Lipinski definition) is 30. The van der Waals surface area contributed by atoms with Gasteiger partial charge in [0.2, 0.25) is 65.6 Å². The highest BCUT2D eigenvalue weighted by molar-refractivity contribution is 6.32. The number of benzene rings is 8. The quantitative estimate of drug-likeness (QED) is 0.0307. The van der Waals surface area contributed by atoms with Gasteiger partial charge in [-0.3, -0.25) is 38.4 Å². The SMILES string of the molecule is CC(C)CCCCCCC(=O)N[C@H]1[C@H](Oc2c3cc4cc2Oc2ccc(cc2Cl)C[C@H]2NC(=O)[C@H](NC(=O)OCc5ccccc5)c5ccc(O)c(c5)Oc5cc(O)cc(c5)[C@H](NC2=O)C(=O)N[C@H]4C(=O)N[C@H]2C(=O)N[C@@H](Cc4ccc(c(Cl)c4)O3)C(=O)N[C@H](C(=O)NCCCNCCCCN)c3cc(O)cc(O[C@H]4O[C@H](CO)[C@@H](O)[C@H](O)[C@@H]4O)c3-c3cc2ccc3O)O[C@H](CO)[C@@H](O)[C@@H]1O. The number of alkyl carbamates (subject to hydrolysis) is 1. The smallest absolute Gasteiger partial charge is 0.408 e. The van der Waals surface area contributed by atoms with E-state index in [1.807, 2.05) is 0 Å². The number of aliphatic hydroxyl groups excluding tert-OH is 7. The Kier molecular flexibility index (Phi) is 32.6. The van der Waals surface area contributed by atoms with Crippen LogP contribution in [0.3, 0.4) is 0 Å². The normalized spacial score (nSPS) is 24.3. The van der Waals surface area contributed by atoms with Crippen molar-refractivity contribution in [2.75, 3.05) is 39.4 Å². The van der Waals surface area contributed by atoms with Gasteiger partial charge < -0.3 is 153 Å². The molecule has 8 aromatic rings. The summed E-state index contributed by atoms with van der Waals surface area (Å²) < 4.78 is 50.8. The number of phenolic OH excluding ortho intramolecular Hbond substituents is 4. The molecule has 16 rings (SSSR count). The minimum absolute atomic E-state index is 0.0648. The molecule has 17 atom stereocenters. The maximum absolute atomic E-state index is 17.0. The molecule has 23 N–H and O–H groups in total. The van der Waals surface area contributed by atoms with Gasteiger partial charge in [-0.2, -0.15) is 0 Å². The molecule has 0 unspecified atom stereocenters. The van der Waals surface area contributed by atoms with Crippen molar-refractivity contribution >= 4 is 76.6 Å². The average Bonchev–Trinajstić information content (AvgIpc) is 0.759. The van der Waals surface area contributed by atoms with Crippen LogP contribution in [-0.2, 0) is 72.0 Å². The van der Waals surface area contributed by atoms with Crippen molar-refractivity contribution in [2.24, 2.45) is 11.7 Å². The molecule has 136 heavy (non-hydrogen) atoms. The van der Waals surface area contributed by atoms with Gasteiger partial charge in [0, 0.05) is 49.1 Å². The van der Waals surface area contributed by atoms with Gasteiger partial charge in [0.1, 0.15) is 138 Å². The first-order valence-corrected chi connectivity index (χ1v) is 45.3. The van der Waals surface area contributed by atoms with Gasteiger partial charge in [-0.05, 0) is 175 Å². The zero-order valence-electron chi connectivity index (χ0n) is 73.7. The highest BCUT2D eigenvalue weighted by atomic mass is 35.5. The number of amides is 9. The van der Waals surface area contributed by atoms with Crippen LogP contribution in [0, 0.1) is 5.92 Å². The second kappa shape index (κ2) is 44.7. The molecule has 8 aromatic carbocycles. The summed E-state index contributed by atoms with van der Waals surface area (Å²) >= 11 is 14.7. The highest BCUT2D eigenvalue weighted by Gasteiger charge is 2.50. The van der Waals surface area contributed by atoms with Crippen molar-refractivity contribution < 1.29 is 137 Å². The van der Waals surface area contributed by atoms with Gasteiger partial charge in [0.05, 0.1) is 23.3 Å². The summed E-state index contributed by atoms with van der Waals surface area (Å²) in [6, 6.07) is 14.7. The molecule has 0 spiro atoms. The number of halogens is 2. The Morgan fingerprint density at radius 2 is 1.09 bits per heavy atom. The number of fused-ring (bicyclic) bond motifs is 14. The molecule has 2 fully saturated rings. The van der Waals surface area contributed by atoms with E-state index in [1.165, 1.54) is 48.5 Å². The van der Waals surface area contributed by atoms with Crippen LogP contribution in [0.1, 0.15) is 146 Å². The Morgan fingerprint density at radius 3 is 1.74 bits per heavy atom. The Bertz CT molecular complexity index is 5730. The first kappa shape index (κ1) is 99.1. The van der Waals surface area contributed by atoms with Gasteiger partial charge in [-0.15, -0.1) is 0 Å². The van der Waals surface area contributed by atoms with Crippen LogP contribution in [0.25, 0.3) is 11.1 Å². The van der Waals surface area contributed by atoms with Crippen LogP contribution in [0.5, 0.6) is 69.0 Å². The topological polar surface area (TPSA) is 596 Å². The third-order valence-corrected chi connectivity index (χ3v) is 24.4. The lowest BCUT2D eigenvalue weighted by Crippen LogP contribution is -2.65. The molecule has 0 radical (unpaired) electrons. The second-order valence-electron chi connectivity index (χ2n) is 34.3. The predicted molar refractivity (Wildman–Crippen MR) is 484 cm³/mol. The third kappa shape index (κ3) is 23.8. The number of nitrogens with one attached hydrogen (secondary N) is 10. The van der Waals surface area contributed by atoms with Gasteiger partial charge in [-0.25, -0.2) is 4.79 Å². The lowest BCUT2D eigenvalue weighted by atomic mass is 9.89. The Balaban J connectivity index is 0.969. The van der Waals surface area contributed by atoms with Crippen molar-refractivity contribution in [2.45, 2.75) is 195 Å².